The Morgan fingerprint density at radius 1 is 1.23 bits per heavy atom. The van der Waals surface area contributed by atoms with Crippen molar-refractivity contribution in [3.63, 3.8) is 0 Å². The van der Waals surface area contributed by atoms with Gasteiger partial charge >= 0.3 is 5.24 Å². The summed E-state index contributed by atoms with van der Waals surface area (Å²) in [6, 6.07) is 10.3. The van der Waals surface area contributed by atoms with Crippen LogP contribution in [0.3, 0.4) is 0 Å². The number of nitrogens with two attached hydrogens (primary N) is 1. The molecule has 2 N–H and O–H groups in total. The molecule has 1 rings (SSSR count). The highest BCUT2D eigenvalue weighted by Crippen LogP contribution is 1.92. The molecule has 1 aromatic carbocycles. The number of hydrogen-bond acceptors (Lipinski definition) is 3. The fourth-order valence-electron chi connectivity index (χ4n) is 0.534. The topological polar surface area (TPSA) is 77.2 Å². The third kappa shape index (κ3) is 7.02. The van der Waals surface area contributed by atoms with E-state index in [4.69, 9.17) is 0 Å². The number of thiol groups is 1. The number of carbonyl (C=O) groups is 1. The van der Waals surface area contributed by atoms with Gasteiger partial charge in [0.2, 0.25) is 10.7 Å². The van der Waals surface area contributed by atoms with Crippen molar-refractivity contribution in [3.05, 3.63) is 35.9 Å². The number of primary amides is 1. The maximum atomic E-state index is 9.33. The first kappa shape index (κ1) is 11.6. The number of rotatable bonds is 0. The van der Waals surface area contributed by atoms with Gasteiger partial charge in [0.15, 0.2) is 0 Å². The van der Waals surface area contributed by atoms with E-state index >= 15 is 0 Å². The minimum absolute atomic E-state index is 1.29. The number of hydrogen-bond donors (Lipinski definition) is 2. The highest BCUT2D eigenvalue weighted by atomic mass is 32.2. The van der Waals surface area contributed by atoms with E-state index in [2.05, 4.69) is 24.8 Å². The molecule has 0 fully saturated rings. The van der Waals surface area contributed by atoms with Crippen LogP contribution in [0.25, 0.3) is 0 Å². The molecule has 0 saturated heterocycles. The van der Waals surface area contributed by atoms with Crippen molar-refractivity contribution < 1.29 is 13.2 Å². The largest absolute Gasteiger partial charge is 0.357 e. The normalized spacial score (nSPS) is 8.77. The van der Waals surface area contributed by atoms with Crippen LogP contribution in [-0.2, 0) is 10.7 Å². The SMILES string of the molecule is Cc1ccccc1.NC(=O)[SH](=O)=O. The van der Waals surface area contributed by atoms with Gasteiger partial charge in [0, 0.05) is 0 Å². The van der Waals surface area contributed by atoms with Crippen molar-refractivity contribution in [3.8, 4) is 0 Å². The van der Waals surface area contributed by atoms with E-state index < -0.39 is 15.9 Å². The van der Waals surface area contributed by atoms with Crippen LogP contribution in [0.1, 0.15) is 5.56 Å². The Bertz CT molecular complexity index is 325. The number of aryl methyl sites for hydroxylation is 1. The Balaban J connectivity index is 0.000000226. The summed E-state index contributed by atoms with van der Waals surface area (Å²) in [6.07, 6.45) is 0. The molecule has 4 nitrogen and oxygen atoms in total. The monoisotopic (exact) mass is 201 g/mol. The highest BCUT2D eigenvalue weighted by Gasteiger charge is 1.87. The van der Waals surface area contributed by atoms with Crippen molar-refractivity contribution in [2.24, 2.45) is 5.73 Å². The van der Waals surface area contributed by atoms with E-state index in [9.17, 15) is 13.2 Å². The van der Waals surface area contributed by atoms with Gasteiger partial charge in [0.05, 0.1) is 0 Å². The summed E-state index contributed by atoms with van der Waals surface area (Å²) < 4.78 is 18.5. The maximum Gasteiger partial charge on any atom is 0.331 e. The zero-order chi connectivity index (χ0) is 10.3. The second kappa shape index (κ2) is 6.19. The Hall–Kier alpha value is -1.36. The zero-order valence-electron chi connectivity index (χ0n) is 7.14. The molecule has 1 aromatic rings. The van der Waals surface area contributed by atoms with Crippen LogP contribution >= 0.6 is 0 Å². The predicted molar refractivity (Wildman–Crippen MR) is 51.1 cm³/mol. The molecule has 0 heterocycles. The summed E-state index contributed by atoms with van der Waals surface area (Å²) in [4.78, 5) is 9.33. The predicted octanol–water partition coefficient (Wildman–Crippen LogP) is 0.672. The molecular formula is C8H11NO3S. The van der Waals surface area contributed by atoms with Crippen molar-refractivity contribution >= 4 is 15.9 Å². The molecule has 13 heavy (non-hydrogen) atoms. The Morgan fingerprint density at radius 3 is 1.77 bits per heavy atom. The highest BCUT2D eigenvalue weighted by molar-refractivity contribution is 7.89. The summed E-state index contributed by atoms with van der Waals surface area (Å²) in [5, 5.41) is -1.29. The first-order valence-electron chi connectivity index (χ1n) is 3.49. The first-order chi connectivity index (χ1) is 6.04. The van der Waals surface area contributed by atoms with Crippen LogP contribution < -0.4 is 5.73 Å². The third-order valence-corrected chi connectivity index (χ3v) is 1.48. The summed E-state index contributed by atoms with van der Waals surface area (Å²) in [7, 11) is -3.02. The number of carbonyl (C=O) groups excluding carboxylic acids is 1. The van der Waals surface area contributed by atoms with Crippen LogP contribution in [0.5, 0.6) is 0 Å². The lowest BCUT2D eigenvalue weighted by Gasteiger charge is -1.82. The fraction of sp³-hybridized carbons (Fsp3) is 0.125. The van der Waals surface area contributed by atoms with Crippen molar-refractivity contribution in [2.75, 3.05) is 0 Å². The molecule has 0 spiro atoms. The van der Waals surface area contributed by atoms with Gasteiger partial charge < -0.3 is 5.73 Å². The van der Waals surface area contributed by atoms with E-state index in [0.717, 1.165) is 0 Å². The molecule has 0 aliphatic rings. The molecule has 72 valence electrons. The third-order valence-electron chi connectivity index (χ3n) is 1.12. The smallest absolute Gasteiger partial charge is 0.331 e. The molecule has 0 unspecified atom stereocenters. The molecule has 1 amide bonds. The Labute approximate surface area is 78.3 Å². The molecule has 0 aliphatic carbocycles. The first-order valence-corrected chi connectivity index (χ1v) is 4.67. The van der Waals surface area contributed by atoms with Gasteiger partial charge in [-0.2, -0.15) is 0 Å². The van der Waals surface area contributed by atoms with Crippen molar-refractivity contribution in [2.45, 2.75) is 6.92 Å². The average Bonchev–Trinajstić information content (AvgIpc) is 2.06. The standard InChI is InChI=1S/C7H8.CH3NO3S/c1-7-5-3-2-4-6-7;2-1(3)6(4)5/h2-6H,1H3;6H,(H2,2,3). The van der Waals surface area contributed by atoms with Crippen LogP contribution in [0.2, 0.25) is 0 Å². The van der Waals surface area contributed by atoms with Crippen LogP contribution in [-0.4, -0.2) is 13.7 Å². The van der Waals surface area contributed by atoms with Gasteiger partial charge in [-0.3, -0.25) is 4.79 Å². The average molecular weight is 201 g/mol. The summed E-state index contributed by atoms with van der Waals surface area (Å²) in [6.45, 7) is 2.08. The molecule has 0 radical (unpaired) electrons. The van der Waals surface area contributed by atoms with Gasteiger partial charge in [-0.25, -0.2) is 8.42 Å². The van der Waals surface area contributed by atoms with Gasteiger partial charge in [-0.15, -0.1) is 0 Å². The van der Waals surface area contributed by atoms with E-state index in [1.54, 1.807) is 0 Å². The van der Waals surface area contributed by atoms with Gasteiger partial charge in [0.1, 0.15) is 0 Å². The maximum absolute atomic E-state index is 9.33. The summed E-state index contributed by atoms with van der Waals surface area (Å²) >= 11 is 0. The van der Waals surface area contributed by atoms with Gasteiger partial charge in [0.25, 0.3) is 0 Å². The van der Waals surface area contributed by atoms with Crippen LogP contribution in [0, 0.1) is 6.92 Å². The van der Waals surface area contributed by atoms with Gasteiger partial charge in [-0.05, 0) is 6.92 Å². The van der Waals surface area contributed by atoms with Crippen molar-refractivity contribution in [1.29, 1.82) is 0 Å². The van der Waals surface area contributed by atoms with E-state index in [-0.39, 0.29) is 0 Å². The van der Waals surface area contributed by atoms with E-state index in [0.29, 0.717) is 0 Å². The second-order valence-electron chi connectivity index (χ2n) is 2.25. The molecular weight excluding hydrogens is 190 g/mol. The minimum Gasteiger partial charge on any atom is -0.357 e. The van der Waals surface area contributed by atoms with E-state index in [1.165, 1.54) is 5.56 Å². The Morgan fingerprint density at radius 2 is 1.62 bits per heavy atom. The lowest BCUT2D eigenvalue weighted by Crippen LogP contribution is -2.08. The Kier molecular flexibility index (Phi) is 5.54. The number of amides is 1. The summed E-state index contributed by atoms with van der Waals surface area (Å²) in [5.41, 5.74) is 5.52. The zero-order valence-corrected chi connectivity index (χ0v) is 8.03. The molecule has 0 aromatic heterocycles. The second-order valence-corrected chi connectivity index (χ2v) is 3.21. The van der Waals surface area contributed by atoms with Crippen LogP contribution in [0.4, 0.5) is 4.79 Å². The quantitative estimate of drug-likeness (QED) is 0.606. The molecule has 0 atom stereocenters. The van der Waals surface area contributed by atoms with E-state index in [1.807, 2.05) is 18.2 Å². The number of benzene rings is 1. The molecule has 0 saturated carbocycles. The molecule has 5 heteroatoms. The lowest BCUT2D eigenvalue weighted by molar-refractivity contribution is 0.266. The minimum atomic E-state index is -3.02. The van der Waals surface area contributed by atoms with Crippen LogP contribution in [0.15, 0.2) is 30.3 Å². The fourth-order valence-corrected chi connectivity index (χ4v) is 0.534. The summed E-state index contributed by atoms with van der Waals surface area (Å²) in [5.74, 6) is 0. The van der Waals surface area contributed by atoms with Gasteiger partial charge in [-0.1, -0.05) is 35.9 Å². The lowest BCUT2D eigenvalue weighted by atomic mass is 10.2. The molecule has 0 bridgehead atoms. The molecule has 0 aliphatic heterocycles. The van der Waals surface area contributed by atoms with Crippen molar-refractivity contribution in [1.82, 2.24) is 0 Å².